The second-order valence-corrected chi connectivity index (χ2v) is 4.92. The molecule has 0 N–H and O–H groups in total. The molecule has 0 saturated carbocycles. The lowest BCUT2D eigenvalue weighted by Crippen LogP contribution is -2.15. The van der Waals surface area contributed by atoms with E-state index in [4.69, 9.17) is 39.5 Å². The molecule has 0 radical (unpaired) electrons. The highest BCUT2D eigenvalue weighted by molar-refractivity contribution is 6.42. The van der Waals surface area contributed by atoms with Gasteiger partial charge in [0.1, 0.15) is 0 Å². The molecule has 1 fully saturated rings. The summed E-state index contributed by atoms with van der Waals surface area (Å²) in [5.74, 6) is -0.208. The Morgan fingerprint density at radius 1 is 1.25 bits per heavy atom. The molecule has 1 aromatic rings. The van der Waals surface area contributed by atoms with Crippen molar-refractivity contribution in [2.24, 2.45) is 5.92 Å². The average Bonchev–Trinajstić information content (AvgIpc) is 2.67. The Kier molecular flexibility index (Phi) is 3.75. The van der Waals surface area contributed by atoms with Crippen LogP contribution in [0.1, 0.15) is 16.8 Å². The van der Waals surface area contributed by atoms with Crippen LogP contribution in [0.3, 0.4) is 0 Å². The van der Waals surface area contributed by atoms with Crippen LogP contribution in [0.15, 0.2) is 12.1 Å². The van der Waals surface area contributed by atoms with E-state index >= 15 is 0 Å². The minimum Gasteiger partial charge on any atom is -0.381 e. The molecule has 1 aromatic carbocycles. The van der Waals surface area contributed by atoms with Crippen molar-refractivity contribution in [3.05, 3.63) is 32.8 Å². The molecular weight excluding hydrogens is 270 g/mol. The third-order valence-electron chi connectivity index (χ3n) is 2.55. The minimum absolute atomic E-state index is 0.0656. The van der Waals surface area contributed by atoms with Gasteiger partial charge in [-0.1, -0.05) is 34.8 Å². The van der Waals surface area contributed by atoms with E-state index in [9.17, 15) is 4.79 Å². The zero-order valence-corrected chi connectivity index (χ0v) is 10.6. The van der Waals surface area contributed by atoms with E-state index in [1.165, 1.54) is 12.1 Å². The molecule has 5 heteroatoms. The lowest BCUT2D eigenvalue weighted by molar-refractivity contribution is 0.0900. The first-order valence-corrected chi connectivity index (χ1v) is 5.99. The van der Waals surface area contributed by atoms with Crippen LogP contribution in [0.4, 0.5) is 0 Å². The topological polar surface area (TPSA) is 26.3 Å². The highest BCUT2D eigenvalue weighted by atomic mass is 35.5. The second-order valence-electron chi connectivity index (χ2n) is 3.67. The Balaban J connectivity index is 2.35. The summed E-state index contributed by atoms with van der Waals surface area (Å²) in [4.78, 5) is 12.1. The summed E-state index contributed by atoms with van der Waals surface area (Å²) >= 11 is 17.7. The zero-order valence-electron chi connectivity index (χ0n) is 8.30. The Bertz CT molecular complexity index is 402. The Morgan fingerprint density at radius 3 is 2.38 bits per heavy atom. The van der Waals surface area contributed by atoms with Gasteiger partial charge in [-0.3, -0.25) is 4.79 Å². The number of hydrogen-bond donors (Lipinski definition) is 0. The summed E-state index contributed by atoms with van der Waals surface area (Å²) in [7, 11) is 0. The van der Waals surface area contributed by atoms with Crippen LogP contribution in [-0.2, 0) is 4.74 Å². The highest BCUT2D eigenvalue weighted by Gasteiger charge is 2.27. The van der Waals surface area contributed by atoms with Crippen molar-refractivity contribution in [2.75, 3.05) is 13.2 Å². The smallest absolute Gasteiger partial charge is 0.171 e. The number of halogens is 3. The first kappa shape index (κ1) is 12.2. The van der Waals surface area contributed by atoms with Crippen molar-refractivity contribution in [3.63, 3.8) is 0 Å². The number of hydrogen-bond acceptors (Lipinski definition) is 2. The minimum atomic E-state index is -0.142. The van der Waals surface area contributed by atoms with Crippen LogP contribution in [-0.4, -0.2) is 19.0 Å². The van der Waals surface area contributed by atoms with Gasteiger partial charge in [-0.25, -0.2) is 0 Å². The number of ether oxygens (including phenoxy) is 1. The van der Waals surface area contributed by atoms with Crippen molar-refractivity contribution in [3.8, 4) is 0 Å². The Hall–Kier alpha value is -0.280. The lowest BCUT2D eigenvalue weighted by Gasteiger charge is -2.10. The molecule has 0 aliphatic carbocycles. The van der Waals surface area contributed by atoms with Crippen LogP contribution in [0.2, 0.25) is 15.1 Å². The van der Waals surface area contributed by atoms with Crippen molar-refractivity contribution < 1.29 is 9.53 Å². The van der Waals surface area contributed by atoms with Gasteiger partial charge in [0.05, 0.1) is 22.2 Å². The summed E-state index contributed by atoms with van der Waals surface area (Å²) in [6.45, 7) is 1.05. The predicted molar refractivity (Wildman–Crippen MR) is 64.7 cm³/mol. The van der Waals surface area contributed by atoms with Crippen molar-refractivity contribution in [1.29, 1.82) is 0 Å². The van der Waals surface area contributed by atoms with Gasteiger partial charge in [0.2, 0.25) is 0 Å². The first-order chi connectivity index (χ1) is 7.59. The number of carbonyl (C=O) groups excluding carboxylic acids is 1. The molecule has 16 heavy (non-hydrogen) atoms. The molecular formula is C11H9Cl3O2. The van der Waals surface area contributed by atoms with E-state index < -0.39 is 0 Å². The molecule has 2 rings (SSSR count). The van der Waals surface area contributed by atoms with Crippen LogP contribution in [0, 0.1) is 5.92 Å². The summed E-state index contributed by atoms with van der Waals surface area (Å²) in [6, 6.07) is 3.05. The Labute approximate surface area is 108 Å². The van der Waals surface area contributed by atoms with Gasteiger partial charge in [0.15, 0.2) is 5.78 Å². The van der Waals surface area contributed by atoms with Crippen molar-refractivity contribution in [2.45, 2.75) is 6.42 Å². The number of rotatable bonds is 2. The van der Waals surface area contributed by atoms with Gasteiger partial charge >= 0.3 is 0 Å². The molecule has 0 aromatic heterocycles. The van der Waals surface area contributed by atoms with Gasteiger partial charge in [-0.2, -0.15) is 0 Å². The quantitative estimate of drug-likeness (QED) is 0.768. The lowest BCUT2D eigenvalue weighted by atomic mass is 9.97. The summed E-state index contributed by atoms with van der Waals surface area (Å²) in [5.41, 5.74) is 0.350. The predicted octanol–water partition coefficient (Wildman–Crippen LogP) is 3.87. The average molecular weight is 280 g/mol. The molecule has 1 saturated heterocycles. The Morgan fingerprint density at radius 2 is 1.88 bits per heavy atom. The van der Waals surface area contributed by atoms with Gasteiger partial charge in [-0.05, 0) is 18.6 Å². The zero-order chi connectivity index (χ0) is 11.7. The van der Waals surface area contributed by atoms with Gasteiger partial charge in [0, 0.05) is 17.5 Å². The number of benzene rings is 1. The van der Waals surface area contributed by atoms with E-state index in [1.54, 1.807) is 0 Å². The number of ketones is 1. The SMILES string of the molecule is O=C(c1c(Cl)cc(Cl)cc1Cl)C1CCOC1. The standard InChI is InChI=1S/C11H9Cl3O2/c12-7-3-8(13)10(9(14)4-7)11(15)6-1-2-16-5-6/h3-4,6H,1-2,5H2. The first-order valence-electron chi connectivity index (χ1n) is 4.86. The summed E-state index contributed by atoms with van der Waals surface area (Å²) in [5, 5.41) is 1.03. The molecule has 86 valence electrons. The fourth-order valence-electron chi connectivity index (χ4n) is 1.72. The number of Topliss-reactive ketones (excluding diaryl/α,β-unsaturated/α-hetero) is 1. The van der Waals surface area contributed by atoms with E-state index in [2.05, 4.69) is 0 Å². The molecule has 1 aliphatic rings. The molecule has 1 unspecified atom stereocenters. The van der Waals surface area contributed by atoms with E-state index in [0.29, 0.717) is 40.3 Å². The van der Waals surface area contributed by atoms with Crippen LogP contribution in [0.25, 0.3) is 0 Å². The molecule has 0 bridgehead atoms. The normalized spacial score (nSPS) is 20.1. The van der Waals surface area contributed by atoms with E-state index in [1.807, 2.05) is 0 Å². The van der Waals surface area contributed by atoms with Gasteiger partial charge < -0.3 is 4.74 Å². The largest absolute Gasteiger partial charge is 0.381 e. The van der Waals surface area contributed by atoms with E-state index in [-0.39, 0.29) is 11.7 Å². The molecule has 1 aliphatic heterocycles. The molecule has 0 amide bonds. The van der Waals surface area contributed by atoms with Crippen molar-refractivity contribution >= 4 is 40.6 Å². The van der Waals surface area contributed by atoms with E-state index in [0.717, 1.165) is 0 Å². The maximum absolute atomic E-state index is 12.1. The molecule has 1 heterocycles. The van der Waals surface area contributed by atoms with Gasteiger partial charge in [0.25, 0.3) is 0 Å². The maximum Gasteiger partial charge on any atom is 0.171 e. The molecule has 1 atom stereocenters. The second kappa shape index (κ2) is 4.92. The maximum atomic E-state index is 12.1. The fraction of sp³-hybridized carbons (Fsp3) is 0.364. The fourth-order valence-corrected chi connectivity index (χ4v) is 2.73. The molecule has 0 spiro atoms. The van der Waals surface area contributed by atoms with Crippen LogP contribution < -0.4 is 0 Å². The van der Waals surface area contributed by atoms with Crippen LogP contribution in [0.5, 0.6) is 0 Å². The van der Waals surface area contributed by atoms with Crippen LogP contribution >= 0.6 is 34.8 Å². The number of carbonyl (C=O) groups is 1. The van der Waals surface area contributed by atoms with Crippen molar-refractivity contribution in [1.82, 2.24) is 0 Å². The third-order valence-corrected chi connectivity index (χ3v) is 3.37. The van der Waals surface area contributed by atoms with Gasteiger partial charge in [-0.15, -0.1) is 0 Å². The molecule has 2 nitrogen and oxygen atoms in total. The monoisotopic (exact) mass is 278 g/mol. The summed E-state index contributed by atoms with van der Waals surface area (Å²) < 4.78 is 5.17. The highest BCUT2D eigenvalue weighted by Crippen LogP contribution is 2.32. The third kappa shape index (κ3) is 2.35. The summed E-state index contributed by atoms with van der Waals surface area (Å²) in [6.07, 6.45) is 0.716.